The van der Waals surface area contributed by atoms with Gasteiger partial charge in [0.15, 0.2) is 0 Å². The molecule has 0 atom stereocenters. The lowest BCUT2D eigenvalue weighted by Gasteiger charge is -2.02. The Balaban J connectivity index is 2.06. The zero-order valence-corrected chi connectivity index (χ0v) is 10.9. The largest absolute Gasteiger partial charge is 0.373 e. The van der Waals surface area contributed by atoms with Gasteiger partial charge in [-0.25, -0.2) is 4.98 Å². The zero-order chi connectivity index (χ0) is 13.0. The molecule has 2 aromatic rings. The summed E-state index contributed by atoms with van der Waals surface area (Å²) in [6.07, 6.45) is 2.33. The summed E-state index contributed by atoms with van der Waals surface area (Å²) in [5, 5.41) is 14.8. The predicted molar refractivity (Wildman–Crippen MR) is 71.0 cm³/mol. The quantitative estimate of drug-likeness (QED) is 0.879. The summed E-state index contributed by atoms with van der Waals surface area (Å²) in [7, 11) is 1.77. The number of hydrogen-bond donors (Lipinski definition) is 2. The molecular weight excluding hydrogens is 250 g/mol. The molecule has 0 saturated carbocycles. The number of aryl methyl sites for hydroxylation is 1. The first-order valence-corrected chi connectivity index (χ1v) is 6.32. The first kappa shape index (κ1) is 12.4. The number of amides is 1. The van der Waals surface area contributed by atoms with Crippen LogP contribution in [0.4, 0.5) is 10.9 Å². The highest BCUT2D eigenvalue weighted by molar-refractivity contribution is 7.15. The smallest absolute Gasteiger partial charge is 0.259 e. The van der Waals surface area contributed by atoms with Crippen molar-refractivity contribution in [2.75, 3.05) is 17.7 Å². The molecule has 0 fully saturated rings. The van der Waals surface area contributed by atoms with Crippen molar-refractivity contribution in [2.24, 2.45) is 0 Å². The lowest BCUT2D eigenvalue weighted by atomic mass is 10.2. The van der Waals surface area contributed by atoms with E-state index in [0.29, 0.717) is 10.7 Å². The predicted octanol–water partition coefficient (Wildman–Crippen LogP) is 1.79. The van der Waals surface area contributed by atoms with E-state index in [2.05, 4.69) is 25.8 Å². The highest BCUT2D eigenvalue weighted by Crippen LogP contribution is 2.16. The van der Waals surface area contributed by atoms with Gasteiger partial charge in [-0.05, 0) is 18.6 Å². The Kier molecular flexibility index (Phi) is 3.83. The van der Waals surface area contributed by atoms with E-state index >= 15 is 0 Å². The lowest BCUT2D eigenvalue weighted by molar-refractivity contribution is 0.102. The Morgan fingerprint density at radius 1 is 1.39 bits per heavy atom. The van der Waals surface area contributed by atoms with E-state index in [1.54, 1.807) is 19.2 Å². The minimum absolute atomic E-state index is 0.232. The van der Waals surface area contributed by atoms with Crippen LogP contribution in [0.2, 0.25) is 0 Å². The average molecular weight is 263 g/mol. The van der Waals surface area contributed by atoms with Crippen molar-refractivity contribution in [1.29, 1.82) is 0 Å². The molecule has 2 rings (SSSR count). The zero-order valence-electron chi connectivity index (χ0n) is 10.1. The Hall–Kier alpha value is -2.02. The fourth-order valence-corrected chi connectivity index (χ4v) is 1.97. The van der Waals surface area contributed by atoms with Gasteiger partial charge in [0.05, 0.1) is 5.56 Å². The minimum Gasteiger partial charge on any atom is -0.373 e. The van der Waals surface area contributed by atoms with Gasteiger partial charge < -0.3 is 5.32 Å². The third-order valence-electron chi connectivity index (χ3n) is 2.27. The van der Waals surface area contributed by atoms with Crippen molar-refractivity contribution in [3.63, 3.8) is 0 Å². The van der Waals surface area contributed by atoms with Crippen molar-refractivity contribution < 1.29 is 4.79 Å². The van der Waals surface area contributed by atoms with Gasteiger partial charge in [-0.3, -0.25) is 10.1 Å². The number of carbonyl (C=O) groups excluding carboxylic acids is 1. The van der Waals surface area contributed by atoms with Crippen molar-refractivity contribution in [2.45, 2.75) is 13.3 Å². The number of nitrogens with zero attached hydrogens (tertiary/aromatic N) is 3. The second kappa shape index (κ2) is 5.54. The van der Waals surface area contributed by atoms with Crippen LogP contribution in [0.3, 0.4) is 0 Å². The molecule has 0 spiro atoms. The van der Waals surface area contributed by atoms with E-state index in [9.17, 15) is 4.79 Å². The number of aromatic nitrogens is 3. The third-order valence-corrected chi connectivity index (χ3v) is 3.25. The summed E-state index contributed by atoms with van der Waals surface area (Å²) in [6.45, 7) is 1.99. The number of hydrogen-bond acceptors (Lipinski definition) is 6. The highest BCUT2D eigenvalue weighted by atomic mass is 32.1. The van der Waals surface area contributed by atoms with Crippen LogP contribution in [0, 0.1) is 0 Å². The molecule has 0 aliphatic rings. The molecule has 0 aliphatic heterocycles. The maximum absolute atomic E-state index is 11.9. The maximum Gasteiger partial charge on any atom is 0.259 e. The molecule has 2 heterocycles. The molecule has 94 valence electrons. The Labute approximate surface area is 108 Å². The second-order valence-corrected chi connectivity index (χ2v) is 4.55. The van der Waals surface area contributed by atoms with Gasteiger partial charge in [0, 0.05) is 13.2 Å². The van der Waals surface area contributed by atoms with Crippen LogP contribution >= 0.6 is 11.3 Å². The van der Waals surface area contributed by atoms with Gasteiger partial charge in [-0.2, -0.15) is 0 Å². The topological polar surface area (TPSA) is 79.8 Å². The summed E-state index contributed by atoms with van der Waals surface area (Å²) in [5.74, 6) is 0.486. The van der Waals surface area contributed by atoms with Gasteiger partial charge >= 0.3 is 0 Å². The van der Waals surface area contributed by atoms with E-state index in [1.165, 1.54) is 17.5 Å². The van der Waals surface area contributed by atoms with Crippen molar-refractivity contribution in [3.8, 4) is 0 Å². The van der Waals surface area contributed by atoms with Crippen LogP contribution in [-0.4, -0.2) is 28.1 Å². The van der Waals surface area contributed by atoms with Gasteiger partial charge in [-0.15, -0.1) is 10.2 Å². The Morgan fingerprint density at radius 2 is 2.22 bits per heavy atom. The van der Waals surface area contributed by atoms with Crippen molar-refractivity contribution in [1.82, 2.24) is 15.2 Å². The molecular formula is C11H13N5OS. The van der Waals surface area contributed by atoms with Gasteiger partial charge in [-0.1, -0.05) is 18.3 Å². The monoisotopic (exact) mass is 263 g/mol. The van der Waals surface area contributed by atoms with Crippen molar-refractivity contribution in [3.05, 3.63) is 28.9 Å². The molecule has 0 aliphatic carbocycles. The van der Waals surface area contributed by atoms with Crippen LogP contribution in [0.5, 0.6) is 0 Å². The minimum atomic E-state index is -0.232. The lowest BCUT2D eigenvalue weighted by Crippen LogP contribution is -2.12. The summed E-state index contributed by atoms with van der Waals surface area (Å²) in [4.78, 5) is 16.0. The first-order valence-electron chi connectivity index (χ1n) is 5.50. The molecule has 2 N–H and O–H groups in total. The summed E-state index contributed by atoms with van der Waals surface area (Å²) < 4.78 is 0. The molecule has 2 aromatic heterocycles. The van der Waals surface area contributed by atoms with Crippen LogP contribution in [-0.2, 0) is 6.42 Å². The highest BCUT2D eigenvalue weighted by Gasteiger charge is 2.09. The molecule has 6 nitrogen and oxygen atoms in total. The van der Waals surface area contributed by atoms with E-state index < -0.39 is 0 Å². The molecule has 18 heavy (non-hydrogen) atoms. The van der Waals surface area contributed by atoms with E-state index in [1.807, 2.05) is 6.92 Å². The molecule has 0 unspecified atom stereocenters. The normalized spacial score (nSPS) is 10.1. The molecule has 0 aromatic carbocycles. The number of nitrogens with one attached hydrogen (secondary N) is 2. The SMILES string of the molecule is CCc1nnc(NC(=O)c2ccc(NC)nc2)s1. The van der Waals surface area contributed by atoms with Crippen molar-refractivity contribution >= 4 is 28.2 Å². The fourth-order valence-electron chi connectivity index (χ4n) is 1.29. The maximum atomic E-state index is 11.9. The van der Waals surface area contributed by atoms with Gasteiger partial charge in [0.2, 0.25) is 5.13 Å². The molecule has 0 radical (unpaired) electrons. The van der Waals surface area contributed by atoms with Gasteiger partial charge in [0.1, 0.15) is 10.8 Å². The molecule has 0 saturated heterocycles. The summed E-state index contributed by atoms with van der Waals surface area (Å²) in [5.41, 5.74) is 0.488. The molecule has 7 heteroatoms. The van der Waals surface area contributed by atoms with E-state index in [4.69, 9.17) is 0 Å². The van der Waals surface area contributed by atoms with Crippen LogP contribution < -0.4 is 10.6 Å². The standard InChI is InChI=1S/C11H13N5OS/c1-3-9-15-16-11(18-9)14-10(17)7-4-5-8(12-2)13-6-7/h4-6H,3H2,1-2H3,(H,12,13)(H,14,16,17). The van der Waals surface area contributed by atoms with Crippen LogP contribution in [0.15, 0.2) is 18.3 Å². The fraction of sp³-hybridized carbons (Fsp3) is 0.273. The van der Waals surface area contributed by atoms with Crippen LogP contribution in [0.25, 0.3) is 0 Å². The van der Waals surface area contributed by atoms with E-state index in [-0.39, 0.29) is 5.91 Å². The average Bonchev–Trinajstić information content (AvgIpc) is 2.86. The number of carbonyl (C=O) groups is 1. The molecule has 0 bridgehead atoms. The number of rotatable bonds is 4. The number of anilines is 2. The second-order valence-electron chi connectivity index (χ2n) is 3.49. The number of pyridine rings is 1. The summed E-state index contributed by atoms with van der Waals surface area (Å²) >= 11 is 1.38. The molecule has 1 amide bonds. The van der Waals surface area contributed by atoms with E-state index in [0.717, 1.165) is 17.2 Å². The Bertz CT molecular complexity index is 537. The van der Waals surface area contributed by atoms with Gasteiger partial charge in [0.25, 0.3) is 5.91 Å². The Morgan fingerprint density at radius 3 is 2.78 bits per heavy atom. The third kappa shape index (κ3) is 2.80. The first-order chi connectivity index (χ1) is 8.72. The van der Waals surface area contributed by atoms with Crippen LogP contribution in [0.1, 0.15) is 22.3 Å². The summed E-state index contributed by atoms with van der Waals surface area (Å²) in [6, 6.07) is 3.45.